The Hall–Kier alpha value is -1.20. The monoisotopic (exact) mass is 276 g/mol. The van der Waals surface area contributed by atoms with E-state index in [1.54, 1.807) is 13.0 Å². The van der Waals surface area contributed by atoms with Crippen molar-refractivity contribution in [3.8, 4) is 5.88 Å². The molecule has 2 N–H and O–H groups in total. The lowest BCUT2D eigenvalue weighted by Gasteiger charge is -2.17. The zero-order valence-corrected chi connectivity index (χ0v) is 11.0. The predicted molar refractivity (Wildman–Crippen MR) is 67.1 cm³/mol. The molecule has 0 aliphatic carbocycles. The number of nitrogens with two attached hydrogens (primary N) is 1. The molecule has 6 heteroatoms. The normalized spacial score (nSPS) is 13.2. The van der Waals surface area contributed by atoms with Crippen LogP contribution in [-0.2, 0) is 0 Å². The summed E-state index contributed by atoms with van der Waals surface area (Å²) in [5.74, 6) is -3.15. The Balaban J connectivity index is 2.78. The molecule has 0 aliphatic heterocycles. The van der Waals surface area contributed by atoms with Crippen LogP contribution < -0.4 is 10.5 Å². The first-order chi connectivity index (χ1) is 8.24. The van der Waals surface area contributed by atoms with Crippen LogP contribution in [-0.4, -0.2) is 17.5 Å². The van der Waals surface area contributed by atoms with Gasteiger partial charge in [-0.15, -0.1) is 0 Å². The number of halogens is 3. The van der Waals surface area contributed by atoms with Gasteiger partial charge in [0.15, 0.2) is 6.61 Å². The first kappa shape index (κ1) is 14.9. The maximum atomic E-state index is 13.3. The van der Waals surface area contributed by atoms with E-state index in [0.717, 1.165) is 0 Å². The highest BCUT2D eigenvalue weighted by molar-refractivity contribution is 6.31. The molecule has 0 aromatic carbocycles. The van der Waals surface area contributed by atoms with Gasteiger partial charge in [-0.2, -0.15) is 8.78 Å². The Labute approximate surface area is 110 Å². The van der Waals surface area contributed by atoms with Gasteiger partial charge in [0.2, 0.25) is 5.88 Å². The number of alkyl halides is 2. The average molecular weight is 277 g/mol. The van der Waals surface area contributed by atoms with Gasteiger partial charge >= 0.3 is 5.92 Å². The lowest BCUT2D eigenvalue weighted by molar-refractivity contribution is -0.00692. The number of pyridine rings is 1. The molecule has 0 saturated carbocycles. The first-order valence-corrected chi connectivity index (χ1v) is 5.69. The lowest BCUT2D eigenvalue weighted by atomic mass is 10.1. The fourth-order valence-electron chi connectivity index (χ4n) is 1.08. The molecule has 3 nitrogen and oxygen atoms in total. The van der Waals surface area contributed by atoms with Crippen LogP contribution in [0.5, 0.6) is 5.88 Å². The fourth-order valence-corrected chi connectivity index (χ4v) is 1.31. The number of nitrogens with zero attached hydrogens (tertiary/aromatic N) is 1. The molecular weight excluding hydrogens is 262 g/mol. The van der Waals surface area contributed by atoms with Crippen molar-refractivity contribution in [3.05, 3.63) is 35.0 Å². The third-order valence-electron chi connectivity index (χ3n) is 2.37. The quantitative estimate of drug-likeness (QED) is 0.839. The van der Waals surface area contributed by atoms with Crippen molar-refractivity contribution in [1.82, 2.24) is 4.98 Å². The molecule has 1 aromatic heterocycles. The van der Waals surface area contributed by atoms with Crippen LogP contribution in [0.1, 0.15) is 25.5 Å². The SMILES string of the molecule is C=C(C)C(F)(F)COc1ncc(C(C)N)cc1Cl. The van der Waals surface area contributed by atoms with Crippen molar-refractivity contribution in [3.63, 3.8) is 0 Å². The summed E-state index contributed by atoms with van der Waals surface area (Å²) in [6.07, 6.45) is 1.45. The van der Waals surface area contributed by atoms with Crippen molar-refractivity contribution >= 4 is 11.6 Å². The summed E-state index contributed by atoms with van der Waals surface area (Å²) in [5.41, 5.74) is 6.08. The molecule has 1 rings (SSSR count). The molecule has 0 aliphatic rings. The van der Waals surface area contributed by atoms with Crippen molar-refractivity contribution in [2.45, 2.75) is 25.8 Å². The zero-order valence-electron chi connectivity index (χ0n) is 10.2. The maximum Gasteiger partial charge on any atom is 0.302 e. The third-order valence-corrected chi connectivity index (χ3v) is 2.64. The molecule has 1 atom stereocenters. The van der Waals surface area contributed by atoms with Crippen molar-refractivity contribution < 1.29 is 13.5 Å². The van der Waals surface area contributed by atoms with E-state index in [2.05, 4.69) is 11.6 Å². The summed E-state index contributed by atoms with van der Waals surface area (Å²) in [6.45, 7) is 5.36. The maximum absolute atomic E-state index is 13.3. The number of aromatic nitrogens is 1. The van der Waals surface area contributed by atoms with Crippen molar-refractivity contribution in [1.29, 1.82) is 0 Å². The van der Waals surface area contributed by atoms with E-state index in [9.17, 15) is 8.78 Å². The Morgan fingerprint density at radius 3 is 2.72 bits per heavy atom. The van der Waals surface area contributed by atoms with Crippen LogP contribution in [0.25, 0.3) is 0 Å². The van der Waals surface area contributed by atoms with Crippen LogP contribution >= 0.6 is 11.6 Å². The first-order valence-electron chi connectivity index (χ1n) is 5.31. The number of hydrogen-bond donors (Lipinski definition) is 1. The van der Waals surface area contributed by atoms with E-state index in [0.29, 0.717) is 5.56 Å². The van der Waals surface area contributed by atoms with Gasteiger partial charge in [0.1, 0.15) is 5.02 Å². The summed E-state index contributed by atoms with van der Waals surface area (Å²) in [5, 5.41) is 0.155. The highest BCUT2D eigenvalue weighted by Gasteiger charge is 2.31. The Morgan fingerprint density at radius 1 is 1.67 bits per heavy atom. The predicted octanol–water partition coefficient (Wildman–Crippen LogP) is 3.34. The Bertz CT molecular complexity index is 450. The van der Waals surface area contributed by atoms with Crippen LogP contribution in [0.15, 0.2) is 24.4 Å². The van der Waals surface area contributed by atoms with E-state index in [-0.39, 0.29) is 22.5 Å². The fraction of sp³-hybridized carbons (Fsp3) is 0.417. The molecule has 1 aromatic rings. The lowest BCUT2D eigenvalue weighted by Crippen LogP contribution is -2.26. The van der Waals surface area contributed by atoms with E-state index in [1.165, 1.54) is 13.1 Å². The summed E-state index contributed by atoms with van der Waals surface area (Å²) in [6, 6.07) is 1.31. The second kappa shape index (κ2) is 5.63. The summed E-state index contributed by atoms with van der Waals surface area (Å²) >= 11 is 5.87. The van der Waals surface area contributed by atoms with E-state index in [1.807, 2.05) is 0 Å². The number of hydrogen-bond acceptors (Lipinski definition) is 3. The minimum absolute atomic E-state index is 0.0398. The second-order valence-electron chi connectivity index (χ2n) is 4.12. The van der Waals surface area contributed by atoms with Crippen molar-refractivity contribution in [2.75, 3.05) is 6.61 Å². The van der Waals surface area contributed by atoms with Gasteiger partial charge < -0.3 is 10.5 Å². The molecule has 0 spiro atoms. The standard InChI is InChI=1S/C12H15ClF2N2O/c1-7(2)12(14,15)6-18-11-10(13)4-9(5-17-11)8(3)16/h4-5,8H,1,6,16H2,2-3H3. The summed E-state index contributed by atoms with van der Waals surface area (Å²) in [4.78, 5) is 3.86. The number of rotatable bonds is 5. The minimum atomic E-state index is -3.11. The molecule has 0 bridgehead atoms. The van der Waals surface area contributed by atoms with E-state index >= 15 is 0 Å². The largest absolute Gasteiger partial charge is 0.470 e. The van der Waals surface area contributed by atoms with Crippen LogP contribution in [0.4, 0.5) is 8.78 Å². The van der Waals surface area contributed by atoms with Gasteiger partial charge in [-0.05, 0) is 31.1 Å². The minimum Gasteiger partial charge on any atom is -0.470 e. The van der Waals surface area contributed by atoms with Crippen LogP contribution in [0.2, 0.25) is 5.02 Å². The highest BCUT2D eigenvalue weighted by atomic mass is 35.5. The van der Waals surface area contributed by atoms with Crippen LogP contribution in [0, 0.1) is 0 Å². The molecule has 18 heavy (non-hydrogen) atoms. The topological polar surface area (TPSA) is 48.1 Å². The molecule has 0 amide bonds. The summed E-state index contributed by atoms with van der Waals surface area (Å²) < 4.78 is 31.4. The molecule has 1 unspecified atom stereocenters. The molecule has 0 radical (unpaired) electrons. The van der Waals surface area contributed by atoms with Gasteiger partial charge in [0.25, 0.3) is 0 Å². The van der Waals surface area contributed by atoms with Crippen LogP contribution in [0.3, 0.4) is 0 Å². The van der Waals surface area contributed by atoms with Crippen molar-refractivity contribution in [2.24, 2.45) is 5.73 Å². The molecule has 0 fully saturated rings. The summed E-state index contributed by atoms with van der Waals surface area (Å²) in [7, 11) is 0. The van der Waals surface area contributed by atoms with E-state index in [4.69, 9.17) is 22.1 Å². The van der Waals surface area contributed by atoms with Gasteiger partial charge in [0, 0.05) is 12.2 Å². The molecule has 100 valence electrons. The number of ether oxygens (including phenoxy) is 1. The van der Waals surface area contributed by atoms with Gasteiger partial charge in [0.05, 0.1) is 0 Å². The Kier molecular flexibility index (Phi) is 4.65. The zero-order chi connectivity index (χ0) is 13.9. The Morgan fingerprint density at radius 2 is 2.28 bits per heavy atom. The van der Waals surface area contributed by atoms with Gasteiger partial charge in [-0.25, -0.2) is 4.98 Å². The highest BCUT2D eigenvalue weighted by Crippen LogP contribution is 2.28. The van der Waals surface area contributed by atoms with Gasteiger partial charge in [-0.3, -0.25) is 0 Å². The molecule has 0 saturated heterocycles. The average Bonchev–Trinajstić information content (AvgIpc) is 2.26. The molecule has 1 heterocycles. The smallest absolute Gasteiger partial charge is 0.302 e. The third kappa shape index (κ3) is 3.65. The van der Waals surface area contributed by atoms with Gasteiger partial charge in [-0.1, -0.05) is 18.2 Å². The second-order valence-corrected chi connectivity index (χ2v) is 4.52. The molecular formula is C12H15ClF2N2O. The van der Waals surface area contributed by atoms with E-state index < -0.39 is 12.5 Å².